The molecule has 0 fully saturated rings. The smallest absolute Gasteiger partial charge is 0.431 e. The van der Waals surface area contributed by atoms with Crippen LogP contribution in [0.5, 0.6) is 5.75 Å². The fraction of sp³-hybridized carbons (Fsp3) is 0.125. The van der Waals surface area contributed by atoms with Crippen LogP contribution in [0.15, 0.2) is 42.5 Å². The van der Waals surface area contributed by atoms with Gasteiger partial charge in [-0.1, -0.05) is 29.3 Å². The summed E-state index contributed by atoms with van der Waals surface area (Å²) >= 11 is 11.9. The summed E-state index contributed by atoms with van der Waals surface area (Å²) in [5.41, 5.74) is 0.0809. The van der Waals surface area contributed by atoms with Gasteiger partial charge in [0.05, 0.1) is 0 Å². The molecule has 1 aromatic heterocycles. The highest BCUT2D eigenvalue weighted by Crippen LogP contribution is 2.36. The Hall–Kier alpha value is -1.85. The lowest BCUT2D eigenvalue weighted by molar-refractivity contribution is -0.143. The average molecular weight is 360 g/mol. The average Bonchev–Trinajstić information content (AvgIpc) is 2.79. The number of fused-ring (bicyclic) bond motifs is 1. The van der Waals surface area contributed by atoms with Crippen molar-refractivity contribution in [3.8, 4) is 5.75 Å². The van der Waals surface area contributed by atoms with Crippen LogP contribution in [0.4, 0.5) is 13.2 Å². The Labute approximate surface area is 139 Å². The zero-order valence-electron chi connectivity index (χ0n) is 11.5. The molecule has 23 heavy (non-hydrogen) atoms. The minimum atomic E-state index is -4.52. The number of alkyl halides is 3. The Balaban J connectivity index is 2.18. The van der Waals surface area contributed by atoms with Crippen LogP contribution in [0.1, 0.15) is 11.3 Å². The van der Waals surface area contributed by atoms with Crippen molar-refractivity contribution >= 4 is 34.1 Å². The molecule has 0 spiro atoms. The maximum Gasteiger partial charge on any atom is 0.431 e. The standard InChI is InChI=1S/C16H10Cl2F3NO/c17-11-2-1-9(13(18)7-11)8-22-14-4-3-12(23)5-10(14)6-15(22)16(19,20)21/h1-7,23H,8H2. The lowest BCUT2D eigenvalue weighted by atomic mass is 10.2. The van der Waals surface area contributed by atoms with Gasteiger partial charge in [0.1, 0.15) is 11.4 Å². The molecular weight excluding hydrogens is 350 g/mol. The van der Waals surface area contributed by atoms with Crippen LogP contribution in [-0.4, -0.2) is 9.67 Å². The first-order valence-corrected chi connectivity index (χ1v) is 7.34. The van der Waals surface area contributed by atoms with Crippen molar-refractivity contribution in [1.82, 2.24) is 4.57 Å². The van der Waals surface area contributed by atoms with Crippen molar-refractivity contribution in [1.29, 1.82) is 0 Å². The van der Waals surface area contributed by atoms with Gasteiger partial charge in [-0.25, -0.2) is 0 Å². The molecule has 1 heterocycles. The van der Waals surface area contributed by atoms with Crippen LogP contribution in [0, 0.1) is 0 Å². The minimum absolute atomic E-state index is 0.0564. The van der Waals surface area contributed by atoms with Crippen LogP contribution >= 0.6 is 23.2 Å². The van der Waals surface area contributed by atoms with Gasteiger partial charge in [0.2, 0.25) is 0 Å². The van der Waals surface area contributed by atoms with E-state index in [1.165, 1.54) is 24.3 Å². The number of aromatic nitrogens is 1. The van der Waals surface area contributed by atoms with Crippen molar-refractivity contribution in [3.05, 3.63) is 63.8 Å². The third-order valence-corrected chi connectivity index (χ3v) is 4.11. The molecule has 0 saturated heterocycles. The summed E-state index contributed by atoms with van der Waals surface area (Å²) < 4.78 is 41.1. The summed E-state index contributed by atoms with van der Waals surface area (Å²) in [5, 5.41) is 10.5. The number of phenols is 1. The number of hydrogen-bond donors (Lipinski definition) is 1. The number of benzene rings is 2. The number of rotatable bonds is 2. The van der Waals surface area contributed by atoms with Crippen LogP contribution in [0.25, 0.3) is 10.9 Å². The van der Waals surface area contributed by atoms with Crippen LogP contribution in [-0.2, 0) is 12.7 Å². The SMILES string of the molecule is Oc1ccc2c(c1)cc(C(F)(F)F)n2Cc1ccc(Cl)cc1Cl. The second kappa shape index (κ2) is 5.65. The molecule has 7 heteroatoms. The van der Waals surface area contributed by atoms with Crippen molar-refractivity contribution in [2.45, 2.75) is 12.7 Å². The molecule has 0 radical (unpaired) electrons. The predicted molar refractivity (Wildman–Crippen MR) is 84.2 cm³/mol. The van der Waals surface area contributed by atoms with E-state index in [1.807, 2.05) is 0 Å². The minimum Gasteiger partial charge on any atom is -0.508 e. The van der Waals surface area contributed by atoms with E-state index in [9.17, 15) is 18.3 Å². The molecule has 120 valence electrons. The first-order chi connectivity index (χ1) is 10.8. The summed E-state index contributed by atoms with van der Waals surface area (Å²) in [6, 6.07) is 9.77. The number of phenolic OH excluding ortho intramolecular Hbond substituents is 1. The Morgan fingerprint density at radius 3 is 2.39 bits per heavy atom. The van der Waals surface area contributed by atoms with E-state index >= 15 is 0 Å². The predicted octanol–water partition coefficient (Wildman–Crippen LogP) is 5.72. The highest BCUT2D eigenvalue weighted by Gasteiger charge is 2.35. The lowest BCUT2D eigenvalue weighted by Crippen LogP contribution is -2.14. The maximum atomic E-state index is 13.3. The normalized spacial score (nSPS) is 12.0. The van der Waals surface area contributed by atoms with E-state index in [-0.39, 0.29) is 12.3 Å². The molecule has 2 aromatic carbocycles. The summed E-state index contributed by atoms with van der Waals surface area (Å²) in [6.07, 6.45) is -4.52. The van der Waals surface area contributed by atoms with Gasteiger partial charge >= 0.3 is 6.18 Å². The fourth-order valence-electron chi connectivity index (χ4n) is 2.48. The van der Waals surface area contributed by atoms with E-state index in [0.717, 1.165) is 10.6 Å². The number of hydrogen-bond acceptors (Lipinski definition) is 1. The summed E-state index contributed by atoms with van der Waals surface area (Å²) in [7, 11) is 0. The second-order valence-corrected chi connectivity index (χ2v) is 5.94. The molecule has 0 saturated carbocycles. The van der Waals surface area contributed by atoms with Crippen LogP contribution in [0.2, 0.25) is 10.0 Å². The van der Waals surface area contributed by atoms with Gasteiger partial charge < -0.3 is 9.67 Å². The molecule has 3 aromatic rings. The fourth-order valence-corrected chi connectivity index (χ4v) is 2.95. The number of nitrogens with zero attached hydrogens (tertiary/aromatic N) is 1. The Bertz CT molecular complexity index is 887. The van der Waals surface area contributed by atoms with Gasteiger partial charge in [-0.05, 0) is 42.0 Å². The first kappa shape index (κ1) is 16.0. The molecule has 3 rings (SSSR count). The topological polar surface area (TPSA) is 25.2 Å². The molecule has 2 nitrogen and oxygen atoms in total. The monoisotopic (exact) mass is 359 g/mol. The van der Waals surface area contributed by atoms with Gasteiger partial charge in [0, 0.05) is 27.5 Å². The molecule has 1 N–H and O–H groups in total. The summed E-state index contributed by atoms with van der Waals surface area (Å²) in [6.45, 7) is -0.0564. The Morgan fingerprint density at radius 2 is 1.74 bits per heavy atom. The number of aromatic hydroxyl groups is 1. The van der Waals surface area contributed by atoms with Crippen LogP contribution < -0.4 is 0 Å². The maximum absolute atomic E-state index is 13.3. The summed E-state index contributed by atoms with van der Waals surface area (Å²) in [4.78, 5) is 0. The highest BCUT2D eigenvalue weighted by atomic mass is 35.5. The number of halogens is 5. The van der Waals surface area contributed by atoms with Crippen molar-refractivity contribution in [2.24, 2.45) is 0 Å². The van der Waals surface area contributed by atoms with Gasteiger partial charge in [0.15, 0.2) is 0 Å². The molecule has 0 aliphatic heterocycles. The Morgan fingerprint density at radius 1 is 1.00 bits per heavy atom. The van der Waals surface area contributed by atoms with Gasteiger partial charge in [-0.2, -0.15) is 13.2 Å². The largest absolute Gasteiger partial charge is 0.508 e. The van der Waals surface area contributed by atoms with Gasteiger partial charge in [-0.3, -0.25) is 0 Å². The van der Waals surface area contributed by atoms with E-state index in [2.05, 4.69) is 0 Å². The van der Waals surface area contributed by atoms with E-state index in [0.29, 0.717) is 26.5 Å². The van der Waals surface area contributed by atoms with Crippen LogP contribution in [0.3, 0.4) is 0 Å². The van der Waals surface area contributed by atoms with Gasteiger partial charge in [-0.15, -0.1) is 0 Å². The first-order valence-electron chi connectivity index (χ1n) is 6.59. The van der Waals surface area contributed by atoms with Crippen molar-refractivity contribution < 1.29 is 18.3 Å². The Kier molecular flexibility index (Phi) is 3.94. The highest BCUT2D eigenvalue weighted by molar-refractivity contribution is 6.35. The molecule has 0 aliphatic rings. The van der Waals surface area contributed by atoms with E-state index in [1.54, 1.807) is 12.1 Å². The summed E-state index contributed by atoms with van der Waals surface area (Å²) in [5.74, 6) is -0.0899. The third-order valence-electron chi connectivity index (χ3n) is 3.52. The molecule has 0 amide bonds. The molecular formula is C16H10Cl2F3NO. The molecule has 0 bridgehead atoms. The lowest BCUT2D eigenvalue weighted by Gasteiger charge is -2.14. The molecule has 0 aliphatic carbocycles. The van der Waals surface area contributed by atoms with Gasteiger partial charge in [0.25, 0.3) is 0 Å². The zero-order valence-corrected chi connectivity index (χ0v) is 13.0. The molecule has 0 unspecified atom stereocenters. The van der Waals surface area contributed by atoms with E-state index < -0.39 is 11.9 Å². The van der Waals surface area contributed by atoms with Crippen molar-refractivity contribution in [2.75, 3.05) is 0 Å². The van der Waals surface area contributed by atoms with E-state index in [4.69, 9.17) is 23.2 Å². The molecule has 0 atom stereocenters. The third kappa shape index (κ3) is 3.12. The van der Waals surface area contributed by atoms with Crippen molar-refractivity contribution in [3.63, 3.8) is 0 Å². The zero-order chi connectivity index (χ0) is 16.8. The second-order valence-electron chi connectivity index (χ2n) is 5.09. The quantitative estimate of drug-likeness (QED) is 0.621.